The van der Waals surface area contributed by atoms with E-state index in [9.17, 15) is 5.11 Å². The van der Waals surface area contributed by atoms with Crippen LogP contribution >= 0.6 is 0 Å². The lowest BCUT2D eigenvalue weighted by molar-refractivity contribution is 0.0367. The summed E-state index contributed by atoms with van der Waals surface area (Å²) in [5.41, 5.74) is 0. The van der Waals surface area contributed by atoms with Crippen LogP contribution in [0.4, 0.5) is 0 Å². The number of nitrogens with one attached hydrogen (secondary N) is 1. The van der Waals surface area contributed by atoms with Crippen molar-refractivity contribution in [2.75, 3.05) is 19.6 Å². The molecule has 0 aliphatic carbocycles. The van der Waals surface area contributed by atoms with Gasteiger partial charge in [-0.1, -0.05) is 0 Å². The van der Waals surface area contributed by atoms with E-state index in [0.717, 1.165) is 25.9 Å². The smallest absolute Gasteiger partial charge is 0.0667 e. The van der Waals surface area contributed by atoms with E-state index in [1.54, 1.807) is 0 Å². The van der Waals surface area contributed by atoms with E-state index >= 15 is 0 Å². The van der Waals surface area contributed by atoms with E-state index in [-0.39, 0.29) is 6.10 Å². The van der Waals surface area contributed by atoms with Crippen molar-refractivity contribution >= 4 is 0 Å². The quantitative estimate of drug-likeness (QED) is 0.681. The Morgan fingerprint density at radius 3 is 2.93 bits per heavy atom. The van der Waals surface area contributed by atoms with Crippen LogP contribution in [0.1, 0.15) is 32.6 Å². The average molecular weight is 198 g/mol. The highest BCUT2D eigenvalue weighted by atomic mass is 16.3. The zero-order valence-electron chi connectivity index (χ0n) is 9.08. The van der Waals surface area contributed by atoms with Crippen LogP contribution in [0, 0.1) is 0 Å². The minimum atomic E-state index is -0.0902. The minimum absolute atomic E-state index is 0.0902. The summed E-state index contributed by atoms with van der Waals surface area (Å²) in [5.74, 6) is 0. The van der Waals surface area contributed by atoms with Crippen LogP contribution in [-0.4, -0.2) is 47.8 Å². The Kier molecular flexibility index (Phi) is 3.42. The van der Waals surface area contributed by atoms with Gasteiger partial charge >= 0.3 is 0 Å². The molecule has 2 fully saturated rings. The molecule has 0 radical (unpaired) electrons. The number of aliphatic hydroxyl groups is 1. The van der Waals surface area contributed by atoms with E-state index in [0.29, 0.717) is 12.1 Å². The summed E-state index contributed by atoms with van der Waals surface area (Å²) in [6.07, 6.45) is 4.66. The molecule has 82 valence electrons. The second-order valence-electron chi connectivity index (χ2n) is 4.83. The van der Waals surface area contributed by atoms with Gasteiger partial charge in [-0.15, -0.1) is 0 Å². The number of piperidine rings is 1. The molecule has 14 heavy (non-hydrogen) atoms. The second kappa shape index (κ2) is 4.60. The molecule has 2 N–H and O–H groups in total. The van der Waals surface area contributed by atoms with E-state index in [2.05, 4.69) is 17.1 Å². The Hall–Kier alpha value is -0.120. The largest absolute Gasteiger partial charge is 0.392 e. The van der Waals surface area contributed by atoms with Crippen LogP contribution < -0.4 is 5.32 Å². The van der Waals surface area contributed by atoms with Crippen molar-refractivity contribution < 1.29 is 5.11 Å². The van der Waals surface area contributed by atoms with E-state index in [1.165, 1.54) is 19.4 Å². The predicted octanol–water partition coefficient (Wildman–Crippen LogP) is 0.584. The van der Waals surface area contributed by atoms with Gasteiger partial charge in [0.25, 0.3) is 0 Å². The monoisotopic (exact) mass is 198 g/mol. The van der Waals surface area contributed by atoms with Gasteiger partial charge in [0, 0.05) is 25.2 Å². The summed E-state index contributed by atoms with van der Waals surface area (Å²) in [6, 6.07) is 1.32. The van der Waals surface area contributed by atoms with Crippen molar-refractivity contribution in [2.45, 2.75) is 50.8 Å². The number of hydrogen-bond donors (Lipinski definition) is 2. The Labute approximate surface area is 86.5 Å². The zero-order valence-corrected chi connectivity index (χ0v) is 9.08. The number of nitrogens with zero attached hydrogens (tertiary/aromatic N) is 1. The first-order valence-electron chi connectivity index (χ1n) is 5.91. The van der Waals surface area contributed by atoms with Gasteiger partial charge in [0.15, 0.2) is 0 Å². The first-order chi connectivity index (χ1) is 6.75. The molecule has 2 heterocycles. The number of aliphatic hydroxyl groups excluding tert-OH is 1. The fourth-order valence-corrected chi connectivity index (χ4v) is 2.61. The van der Waals surface area contributed by atoms with E-state index in [1.807, 2.05) is 0 Å². The molecular weight excluding hydrogens is 176 g/mol. The van der Waals surface area contributed by atoms with Crippen LogP contribution in [0.3, 0.4) is 0 Å². The standard InChI is InChI=1S/C11H22N2O/c1-9-4-5-11(14)8-13(9)7-10-3-2-6-12-10/h9-12,14H,2-8H2,1H3/t9-,10-,11-/m0/s1. The molecule has 2 aliphatic rings. The highest BCUT2D eigenvalue weighted by Crippen LogP contribution is 2.18. The van der Waals surface area contributed by atoms with Crippen LogP contribution in [0.5, 0.6) is 0 Å². The van der Waals surface area contributed by atoms with Gasteiger partial charge in [0.2, 0.25) is 0 Å². The van der Waals surface area contributed by atoms with Gasteiger partial charge in [0.1, 0.15) is 0 Å². The molecule has 0 aromatic rings. The van der Waals surface area contributed by atoms with E-state index in [4.69, 9.17) is 0 Å². The molecule has 0 bridgehead atoms. The lowest BCUT2D eigenvalue weighted by atomic mass is 10.0. The molecule has 0 spiro atoms. The molecule has 2 rings (SSSR count). The first-order valence-corrected chi connectivity index (χ1v) is 5.91. The Morgan fingerprint density at radius 1 is 1.36 bits per heavy atom. The van der Waals surface area contributed by atoms with Gasteiger partial charge < -0.3 is 10.4 Å². The second-order valence-corrected chi connectivity index (χ2v) is 4.83. The maximum Gasteiger partial charge on any atom is 0.0667 e. The van der Waals surface area contributed by atoms with Crippen molar-refractivity contribution in [1.82, 2.24) is 10.2 Å². The minimum Gasteiger partial charge on any atom is -0.392 e. The third-order valence-corrected chi connectivity index (χ3v) is 3.60. The lowest BCUT2D eigenvalue weighted by Gasteiger charge is -2.37. The predicted molar refractivity (Wildman–Crippen MR) is 57.3 cm³/mol. The maximum atomic E-state index is 9.61. The summed E-state index contributed by atoms with van der Waals surface area (Å²) in [5, 5.41) is 13.1. The highest BCUT2D eigenvalue weighted by Gasteiger charge is 2.26. The maximum absolute atomic E-state index is 9.61. The summed E-state index contributed by atoms with van der Waals surface area (Å²) in [7, 11) is 0. The fraction of sp³-hybridized carbons (Fsp3) is 1.00. The van der Waals surface area contributed by atoms with Gasteiger partial charge in [-0.05, 0) is 39.2 Å². The van der Waals surface area contributed by atoms with Crippen molar-refractivity contribution in [3.63, 3.8) is 0 Å². The van der Waals surface area contributed by atoms with Gasteiger partial charge in [-0.25, -0.2) is 0 Å². The number of rotatable bonds is 2. The van der Waals surface area contributed by atoms with Gasteiger partial charge in [-0.2, -0.15) is 0 Å². The SMILES string of the molecule is C[C@H]1CC[C@H](O)CN1C[C@@H]1CCCN1. The molecule has 0 aromatic carbocycles. The first kappa shape index (κ1) is 10.4. The number of hydrogen-bond acceptors (Lipinski definition) is 3. The summed E-state index contributed by atoms with van der Waals surface area (Å²) < 4.78 is 0. The van der Waals surface area contributed by atoms with Crippen LogP contribution in [0.2, 0.25) is 0 Å². The van der Waals surface area contributed by atoms with Crippen LogP contribution in [-0.2, 0) is 0 Å². The van der Waals surface area contributed by atoms with Crippen molar-refractivity contribution in [3.8, 4) is 0 Å². The number of likely N-dealkylation sites (tertiary alicyclic amines) is 1. The number of β-amino-alcohol motifs (C(OH)–C–C–N with tert-alkyl or cyclic N) is 1. The molecule has 0 unspecified atom stereocenters. The highest BCUT2D eigenvalue weighted by molar-refractivity contribution is 4.84. The fourth-order valence-electron chi connectivity index (χ4n) is 2.61. The molecule has 3 nitrogen and oxygen atoms in total. The molecule has 2 aliphatic heterocycles. The van der Waals surface area contributed by atoms with Crippen molar-refractivity contribution in [2.24, 2.45) is 0 Å². The van der Waals surface area contributed by atoms with Crippen molar-refractivity contribution in [1.29, 1.82) is 0 Å². The Bertz CT molecular complexity index is 180. The summed E-state index contributed by atoms with van der Waals surface area (Å²) >= 11 is 0. The van der Waals surface area contributed by atoms with Crippen molar-refractivity contribution in [3.05, 3.63) is 0 Å². The topological polar surface area (TPSA) is 35.5 Å². The summed E-state index contributed by atoms with van der Waals surface area (Å²) in [4.78, 5) is 2.44. The molecule has 2 saturated heterocycles. The third-order valence-electron chi connectivity index (χ3n) is 3.60. The Morgan fingerprint density at radius 2 is 2.21 bits per heavy atom. The molecular formula is C11H22N2O. The lowest BCUT2D eigenvalue weighted by Crippen LogP contribution is -2.48. The molecule has 0 saturated carbocycles. The molecule has 3 atom stereocenters. The third kappa shape index (κ3) is 2.47. The van der Waals surface area contributed by atoms with E-state index < -0.39 is 0 Å². The molecule has 3 heteroatoms. The van der Waals surface area contributed by atoms with Gasteiger partial charge in [0.05, 0.1) is 6.10 Å². The Balaban J connectivity index is 1.82. The summed E-state index contributed by atoms with van der Waals surface area (Å²) in [6.45, 7) is 5.45. The zero-order chi connectivity index (χ0) is 9.97. The van der Waals surface area contributed by atoms with Crippen LogP contribution in [0.15, 0.2) is 0 Å². The molecule has 0 aromatic heterocycles. The van der Waals surface area contributed by atoms with Gasteiger partial charge in [-0.3, -0.25) is 4.90 Å². The normalized spacial score (nSPS) is 40.3. The van der Waals surface area contributed by atoms with Crippen LogP contribution in [0.25, 0.3) is 0 Å². The molecule has 0 amide bonds. The average Bonchev–Trinajstić information content (AvgIpc) is 2.64.